The van der Waals surface area contributed by atoms with Gasteiger partial charge < -0.3 is 10.6 Å². The smallest absolute Gasteiger partial charge is 0.245 e. The molecule has 0 radical (unpaired) electrons. The number of hydrogen-bond donors (Lipinski definition) is 3. The molecule has 104 valence electrons. The molecule has 2 aromatic rings. The van der Waals surface area contributed by atoms with Crippen LogP contribution >= 0.6 is 22.9 Å². The minimum atomic E-state index is -0.441. The molecule has 8 heteroatoms. The lowest BCUT2D eigenvalue weighted by Gasteiger charge is -2.22. The number of nitrogens with one attached hydrogen (secondary N) is 3. The van der Waals surface area contributed by atoms with Crippen LogP contribution in [0.15, 0.2) is 18.2 Å². The molecule has 1 aromatic heterocycles. The number of anilines is 1. The van der Waals surface area contributed by atoms with Crippen molar-refractivity contribution >= 4 is 50.1 Å². The SMILES string of the molecule is O=C1CNC(C(=O)Nc2nc3ccc(Cl)cc3s2)CN1. The van der Waals surface area contributed by atoms with Crippen molar-refractivity contribution in [3.63, 3.8) is 0 Å². The maximum atomic E-state index is 12.0. The summed E-state index contributed by atoms with van der Waals surface area (Å²) in [6.07, 6.45) is 0. The predicted octanol–water partition coefficient (Wildman–Crippen LogP) is 0.976. The third-order valence-corrected chi connectivity index (χ3v) is 4.08. The van der Waals surface area contributed by atoms with Crippen molar-refractivity contribution < 1.29 is 9.59 Å². The van der Waals surface area contributed by atoms with E-state index < -0.39 is 6.04 Å². The molecule has 1 atom stereocenters. The highest BCUT2D eigenvalue weighted by molar-refractivity contribution is 7.22. The summed E-state index contributed by atoms with van der Waals surface area (Å²) in [5.74, 6) is -0.321. The number of halogens is 1. The Labute approximate surface area is 123 Å². The summed E-state index contributed by atoms with van der Waals surface area (Å²) in [4.78, 5) is 27.4. The minimum Gasteiger partial charge on any atom is -0.353 e. The van der Waals surface area contributed by atoms with Crippen LogP contribution in [0.4, 0.5) is 5.13 Å². The monoisotopic (exact) mass is 310 g/mol. The topological polar surface area (TPSA) is 83.1 Å². The van der Waals surface area contributed by atoms with Crippen LogP contribution in [0.5, 0.6) is 0 Å². The lowest BCUT2D eigenvalue weighted by Crippen LogP contribution is -2.56. The molecule has 1 saturated heterocycles. The molecule has 0 bridgehead atoms. The van der Waals surface area contributed by atoms with E-state index in [2.05, 4.69) is 20.9 Å². The summed E-state index contributed by atoms with van der Waals surface area (Å²) in [6.45, 7) is 0.426. The Morgan fingerprint density at radius 1 is 1.50 bits per heavy atom. The van der Waals surface area contributed by atoms with Gasteiger partial charge in [-0.15, -0.1) is 0 Å². The normalized spacial score (nSPS) is 18.9. The molecule has 2 amide bonds. The maximum absolute atomic E-state index is 12.0. The summed E-state index contributed by atoms with van der Waals surface area (Å²) in [5.41, 5.74) is 0.791. The van der Waals surface area contributed by atoms with Crippen LogP contribution in [-0.4, -0.2) is 35.9 Å². The van der Waals surface area contributed by atoms with Crippen molar-refractivity contribution in [3.05, 3.63) is 23.2 Å². The molecule has 0 saturated carbocycles. The zero-order valence-electron chi connectivity index (χ0n) is 10.3. The van der Waals surface area contributed by atoms with Gasteiger partial charge in [0.05, 0.1) is 16.8 Å². The van der Waals surface area contributed by atoms with E-state index in [0.29, 0.717) is 10.2 Å². The molecule has 0 spiro atoms. The molecule has 3 N–H and O–H groups in total. The zero-order valence-corrected chi connectivity index (χ0v) is 11.8. The summed E-state index contributed by atoms with van der Waals surface area (Å²) in [6, 6.07) is 4.93. The van der Waals surface area contributed by atoms with Gasteiger partial charge in [-0.2, -0.15) is 0 Å². The summed E-state index contributed by atoms with van der Waals surface area (Å²) in [5, 5.41) is 9.40. The van der Waals surface area contributed by atoms with Crippen LogP contribution in [0.25, 0.3) is 10.2 Å². The van der Waals surface area contributed by atoms with Gasteiger partial charge in [-0.05, 0) is 18.2 Å². The second-order valence-electron chi connectivity index (χ2n) is 4.36. The number of amides is 2. The van der Waals surface area contributed by atoms with Crippen LogP contribution in [0.3, 0.4) is 0 Å². The first-order valence-corrected chi connectivity index (χ1v) is 7.18. The second kappa shape index (κ2) is 5.35. The van der Waals surface area contributed by atoms with Crippen LogP contribution in [0, 0.1) is 0 Å². The standard InChI is InChI=1S/C12H11ClN4O2S/c13-6-1-2-7-9(3-6)20-12(16-7)17-11(19)8-4-15-10(18)5-14-8/h1-3,8,14H,4-5H2,(H,15,18)(H,16,17,19). The fourth-order valence-corrected chi connectivity index (χ4v) is 3.04. The lowest BCUT2D eigenvalue weighted by molar-refractivity contribution is -0.124. The van der Waals surface area contributed by atoms with Gasteiger partial charge in [-0.3, -0.25) is 14.9 Å². The quantitative estimate of drug-likeness (QED) is 0.772. The fourth-order valence-electron chi connectivity index (χ4n) is 1.90. The highest BCUT2D eigenvalue weighted by Crippen LogP contribution is 2.28. The van der Waals surface area contributed by atoms with Crippen molar-refractivity contribution in [1.29, 1.82) is 0 Å². The zero-order chi connectivity index (χ0) is 14.1. The fraction of sp³-hybridized carbons (Fsp3) is 0.250. The highest BCUT2D eigenvalue weighted by Gasteiger charge is 2.24. The van der Waals surface area contributed by atoms with E-state index in [0.717, 1.165) is 10.2 Å². The first-order chi connectivity index (χ1) is 9.61. The van der Waals surface area contributed by atoms with Gasteiger partial charge in [0.1, 0.15) is 6.04 Å². The number of benzene rings is 1. The van der Waals surface area contributed by atoms with Gasteiger partial charge in [-0.1, -0.05) is 22.9 Å². The molecule has 3 rings (SSSR count). The van der Waals surface area contributed by atoms with E-state index in [1.54, 1.807) is 6.07 Å². The summed E-state index contributed by atoms with van der Waals surface area (Å²) >= 11 is 7.27. The van der Waals surface area contributed by atoms with Crippen LogP contribution < -0.4 is 16.0 Å². The number of hydrogen-bond acceptors (Lipinski definition) is 5. The highest BCUT2D eigenvalue weighted by atomic mass is 35.5. The largest absolute Gasteiger partial charge is 0.353 e. The van der Waals surface area contributed by atoms with E-state index in [1.165, 1.54) is 11.3 Å². The molecule has 2 heterocycles. The summed E-state index contributed by atoms with van der Waals surface area (Å²) in [7, 11) is 0. The van der Waals surface area contributed by atoms with E-state index in [1.807, 2.05) is 12.1 Å². The van der Waals surface area contributed by atoms with Crippen molar-refractivity contribution in [3.8, 4) is 0 Å². The van der Waals surface area contributed by atoms with E-state index in [4.69, 9.17) is 11.6 Å². The Morgan fingerprint density at radius 2 is 2.35 bits per heavy atom. The molecule has 1 fully saturated rings. The van der Waals surface area contributed by atoms with Crippen molar-refractivity contribution in [1.82, 2.24) is 15.6 Å². The first kappa shape index (κ1) is 13.3. The Balaban J connectivity index is 1.72. The number of piperazine rings is 1. The van der Waals surface area contributed by atoms with E-state index in [9.17, 15) is 9.59 Å². The van der Waals surface area contributed by atoms with Crippen LogP contribution in [-0.2, 0) is 9.59 Å². The average Bonchev–Trinajstić information content (AvgIpc) is 2.80. The van der Waals surface area contributed by atoms with Crippen molar-refractivity contribution in [2.75, 3.05) is 18.4 Å². The maximum Gasteiger partial charge on any atom is 0.245 e. The molecular weight excluding hydrogens is 300 g/mol. The number of fused-ring (bicyclic) bond motifs is 1. The molecule has 1 aliphatic rings. The molecule has 1 unspecified atom stereocenters. The lowest BCUT2D eigenvalue weighted by atomic mass is 10.2. The van der Waals surface area contributed by atoms with Gasteiger partial charge >= 0.3 is 0 Å². The number of thiazole rings is 1. The molecular formula is C12H11ClN4O2S. The number of nitrogens with zero attached hydrogens (tertiary/aromatic N) is 1. The molecule has 1 aliphatic heterocycles. The number of rotatable bonds is 2. The van der Waals surface area contributed by atoms with Gasteiger partial charge in [0.15, 0.2) is 5.13 Å². The second-order valence-corrected chi connectivity index (χ2v) is 5.82. The Morgan fingerprint density at radius 3 is 3.10 bits per heavy atom. The van der Waals surface area contributed by atoms with E-state index >= 15 is 0 Å². The van der Waals surface area contributed by atoms with Crippen molar-refractivity contribution in [2.24, 2.45) is 0 Å². The molecule has 1 aromatic carbocycles. The number of aromatic nitrogens is 1. The number of carbonyl (C=O) groups excluding carboxylic acids is 2. The Kier molecular flexibility index (Phi) is 3.56. The van der Waals surface area contributed by atoms with Crippen LogP contribution in [0.2, 0.25) is 5.02 Å². The molecule has 0 aliphatic carbocycles. The van der Waals surface area contributed by atoms with Crippen LogP contribution in [0.1, 0.15) is 0 Å². The average molecular weight is 311 g/mol. The Hall–Kier alpha value is -1.70. The molecule has 6 nitrogen and oxygen atoms in total. The third-order valence-electron chi connectivity index (χ3n) is 2.91. The van der Waals surface area contributed by atoms with Gasteiger partial charge in [-0.25, -0.2) is 4.98 Å². The predicted molar refractivity (Wildman–Crippen MR) is 78.1 cm³/mol. The minimum absolute atomic E-state index is 0.108. The molecule has 20 heavy (non-hydrogen) atoms. The summed E-state index contributed by atoms with van der Waals surface area (Å²) < 4.78 is 0.915. The Bertz CT molecular complexity index is 677. The van der Waals surface area contributed by atoms with Gasteiger partial charge in [0.25, 0.3) is 0 Å². The number of carbonyl (C=O) groups is 2. The third kappa shape index (κ3) is 2.74. The van der Waals surface area contributed by atoms with Gasteiger partial charge in [0.2, 0.25) is 11.8 Å². The van der Waals surface area contributed by atoms with Crippen molar-refractivity contribution in [2.45, 2.75) is 6.04 Å². The van der Waals surface area contributed by atoms with Gasteiger partial charge in [0, 0.05) is 11.6 Å². The first-order valence-electron chi connectivity index (χ1n) is 5.99. The van der Waals surface area contributed by atoms with E-state index in [-0.39, 0.29) is 24.9 Å².